The van der Waals surface area contributed by atoms with Gasteiger partial charge in [0.05, 0.1) is 10.6 Å². The molecule has 10 heteroatoms. The minimum Gasteiger partial charge on any atom is -0.444 e. The number of amides is 3. The van der Waals surface area contributed by atoms with Crippen LogP contribution >= 0.6 is 11.6 Å². The van der Waals surface area contributed by atoms with Crippen molar-refractivity contribution in [2.75, 3.05) is 72.3 Å². The minimum atomic E-state index is -0.542. The lowest BCUT2D eigenvalue weighted by molar-refractivity contribution is -0.130. The van der Waals surface area contributed by atoms with E-state index in [2.05, 4.69) is 10.2 Å². The second kappa shape index (κ2) is 17.4. The number of halogens is 1. The molecule has 1 N–H and O–H groups in total. The van der Waals surface area contributed by atoms with Gasteiger partial charge >= 0.3 is 6.09 Å². The second-order valence-electron chi connectivity index (χ2n) is 12.1. The Balaban J connectivity index is 1.64. The lowest BCUT2D eigenvalue weighted by Crippen LogP contribution is -2.38. The predicted molar refractivity (Wildman–Crippen MR) is 167 cm³/mol. The third kappa shape index (κ3) is 13.3. The Labute approximate surface area is 252 Å². The van der Waals surface area contributed by atoms with Crippen molar-refractivity contribution in [3.05, 3.63) is 28.8 Å². The van der Waals surface area contributed by atoms with Crippen molar-refractivity contribution in [3.8, 4) is 0 Å². The van der Waals surface area contributed by atoms with Gasteiger partial charge in [-0.1, -0.05) is 24.4 Å². The summed E-state index contributed by atoms with van der Waals surface area (Å²) in [6.07, 6.45) is 7.50. The first kappa shape index (κ1) is 34.7. The molecule has 1 fully saturated rings. The van der Waals surface area contributed by atoms with Crippen molar-refractivity contribution in [2.45, 2.75) is 77.7 Å². The highest BCUT2D eigenvalue weighted by molar-refractivity contribution is 6.34. The summed E-state index contributed by atoms with van der Waals surface area (Å²) >= 11 is 6.46. The number of anilines is 1. The SMILES string of the molecule is CN(CCN1CCCCC1)C(=O)CCCCCNc1ccc(C(=O)N(C)CCCN(C)C(=O)OC(C)(C)C)c(Cl)c1. The highest BCUT2D eigenvalue weighted by Crippen LogP contribution is 2.22. The number of hydrogen-bond acceptors (Lipinski definition) is 6. The molecule has 41 heavy (non-hydrogen) atoms. The Kier molecular flexibility index (Phi) is 14.8. The van der Waals surface area contributed by atoms with Crippen molar-refractivity contribution in [1.29, 1.82) is 0 Å². The summed E-state index contributed by atoms with van der Waals surface area (Å²) in [4.78, 5) is 44.9. The average molecular weight is 594 g/mol. The van der Waals surface area contributed by atoms with E-state index in [9.17, 15) is 14.4 Å². The summed E-state index contributed by atoms with van der Waals surface area (Å²) in [5.74, 6) is 0.0640. The van der Waals surface area contributed by atoms with E-state index in [1.54, 1.807) is 31.1 Å². The number of carbonyl (C=O) groups excluding carboxylic acids is 3. The van der Waals surface area contributed by atoms with E-state index in [-0.39, 0.29) is 17.9 Å². The molecule has 1 aliphatic rings. The first-order valence-corrected chi connectivity index (χ1v) is 15.4. The summed E-state index contributed by atoms with van der Waals surface area (Å²) in [6.45, 7) is 11.3. The number of carbonyl (C=O) groups is 3. The molecule has 0 spiro atoms. The molecule has 2 rings (SSSR count). The fourth-order valence-electron chi connectivity index (χ4n) is 4.68. The largest absolute Gasteiger partial charge is 0.444 e. The van der Waals surface area contributed by atoms with Gasteiger partial charge in [-0.25, -0.2) is 4.79 Å². The number of likely N-dealkylation sites (tertiary alicyclic amines) is 1. The number of likely N-dealkylation sites (N-methyl/N-ethyl adjacent to an activating group) is 1. The van der Waals surface area contributed by atoms with Crippen molar-refractivity contribution < 1.29 is 19.1 Å². The number of benzene rings is 1. The number of hydrogen-bond donors (Lipinski definition) is 1. The van der Waals surface area contributed by atoms with E-state index in [1.807, 2.05) is 38.8 Å². The van der Waals surface area contributed by atoms with Crippen molar-refractivity contribution in [3.63, 3.8) is 0 Å². The van der Waals surface area contributed by atoms with Crippen molar-refractivity contribution in [2.24, 2.45) is 0 Å². The molecule has 0 saturated carbocycles. The molecule has 3 amide bonds. The fourth-order valence-corrected chi connectivity index (χ4v) is 4.94. The van der Waals surface area contributed by atoms with E-state index in [4.69, 9.17) is 16.3 Å². The summed E-state index contributed by atoms with van der Waals surface area (Å²) in [7, 11) is 5.33. The second-order valence-corrected chi connectivity index (χ2v) is 12.5. The first-order chi connectivity index (χ1) is 19.4. The maximum Gasteiger partial charge on any atom is 0.410 e. The summed E-state index contributed by atoms with van der Waals surface area (Å²) < 4.78 is 5.36. The van der Waals surface area contributed by atoms with Crippen molar-refractivity contribution in [1.82, 2.24) is 19.6 Å². The fraction of sp³-hybridized carbons (Fsp3) is 0.710. The van der Waals surface area contributed by atoms with Gasteiger partial charge in [0.1, 0.15) is 5.60 Å². The van der Waals surface area contributed by atoms with Gasteiger partial charge in [-0.15, -0.1) is 0 Å². The molecule has 0 aliphatic carbocycles. The molecular formula is C31H52ClN5O4. The number of rotatable bonds is 15. The molecule has 0 radical (unpaired) electrons. The first-order valence-electron chi connectivity index (χ1n) is 15.1. The summed E-state index contributed by atoms with van der Waals surface area (Å²) in [5, 5.41) is 3.76. The smallest absolute Gasteiger partial charge is 0.410 e. The van der Waals surface area contributed by atoms with Gasteiger partial charge in [0.25, 0.3) is 5.91 Å². The van der Waals surface area contributed by atoms with Crippen LogP contribution in [-0.4, -0.2) is 110 Å². The molecule has 1 aromatic carbocycles. The van der Waals surface area contributed by atoms with Crippen LogP contribution in [0.2, 0.25) is 5.02 Å². The Morgan fingerprint density at radius 2 is 1.59 bits per heavy atom. The van der Waals surface area contributed by atoms with Crippen molar-refractivity contribution >= 4 is 35.2 Å². The van der Waals surface area contributed by atoms with Gasteiger partial charge in [-0.05, 0) is 84.2 Å². The zero-order chi connectivity index (χ0) is 30.4. The maximum atomic E-state index is 12.9. The Hall–Kier alpha value is -2.52. The molecule has 0 bridgehead atoms. The van der Waals surface area contributed by atoms with Crippen LogP contribution in [0.3, 0.4) is 0 Å². The van der Waals surface area contributed by atoms with Crippen LogP contribution < -0.4 is 5.32 Å². The van der Waals surface area contributed by atoms with Crippen LogP contribution in [0.5, 0.6) is 0 Å². The molecule has 0 aromatic heterocycles. The van der Waals surface area contributed by atoms with Crippen LogP contribution in [0.4, 0.5) is 10.5 Å². The Morgan fingerprint density at radius 1 is 0.902 bits per heavy atom. The van der Waals surface area contributed by atoms with Crippen LogP contribution in [-0.2, 0) is 9.53 Å². The van der Waals surface area contributed by atoms with E-state index in [0.29, 0.717) is 36.5 Å². The molecule has 1 aromatic rings. The van der Waals surface area contributed by atoms with E-state index < -0.39 is 5.60 Å². The standard InChI is InChI=1S/C31H52ClN5O4/c1-31(2,3)41-30(40)36(6)19-13-18-35(5)29(39)26-16-15-25(24-27(26)32)33-17-10-7-9-14-28(38)34(4)22-23-37-20-11-8-12-21-37/h15-16,24,33H,7-14,17-23H2,1-6H3. The maximum absolute atomic E-state index is 12.9. The molecule has 232 valence electrons. The lowest BCUT2D eigenvalue weighted by atomic mass is 10.1. The number of ether oxygens (including phenoxy) is 1. The monoisotopic (exact) mass is 593 g/mol. The minimum absolute atomic E-state index is 0.160. The molecule has 0 atom stereocenters. The highest BCUT2D eigenvalue weighted by atomic mass is 35.5. The number of nitrogens with one attached hydrogen (secondary N) is 1. The van der Waals surface area contributed by atoms with Crippen LogP contribution in [0.25, 0.3) is 0 Å². The van der Waals surface area contributed by atoms with Crippen LogP contribution in [0.1, 0.15) is 82.5 Å². The van der Waals surface area contributed by atoms with Gasteiger partial charge in [-0.2, -0.15) is 0 Å². The third-order valence-electron chi connectivity index (χ3n) is 7.26. The number of piperidine rings is 1. The summed E-state index contributed by atoms with van der Waals surface area (Å²) in [6, 6.07) is 5.39. The number of unbranched alkanes of at least 4 members (excludes halogenated alkanes) is 2. The molecule has 1 aliphatic heterocycles. The Morgan fingerprint density at radius 3 is 2.24 bits per heavy atom. The molecule has 1 heterocycles. The normalized spacial score (nSPS) is 13.9. The lowest BCUT2D eigenvalue weighted by Gasteiger charge is -2.28. The zero-order valence-electron chi connectivity index (χ0n) is 26.1. The van der Waals surface area contributed by atoms with Gasteiger partial charge in [0.2, 0.25) is 5.91 Å². The van der Waals surface area contributed by atoms with Gasteiger partial charge < -0.3 is 29.7 Å². The van der Waals surface area contributed by atoms with E-state index >= 15 is 0 Å². The summed E-state index contributed by atoms with van der Waals surface area (Å²) in [5.41, 5.74) is 0.768. The molecular weight excluding hydrogens is 542 g/mol. The molecule has 1 saturated heterocycles. The van der Waals surface area contributed by atoms with Crippen LogP contribution in [0, 0.1) is 0 Å². The molecule has 0 unspecified atom stereocenters. The quantitative estimate of drug-likeness (QED) is 0.267. The van der Waals surface area contributed by atoms with Gasteiger partial charge in [-0.3, -0.25) is 9.59 Å². The van der Waals surface area contributed by atoms with Gasteiger partial charge in [0, 0.05) is 66.0 Å². The molecule has 9 nitrogen and oxygen atoms in total. The third-order valence-corrected chi connectivity index (χ3v) is 7.57. The van der Waals surface area contributed by atoms with E-state index in [1.165, 1.54) is 24.2 Å². The zero-order valence-corrected chi connectivity index (χ0v) is 26.9. The van der Waals surface area contributed by atoms with Crippen LogP contribution in [0.15, 0.2) is 18.2 Å². The topological polar surface area (TPSA) is 85.4 Å². The van der Waals surface area contributed by atoms with E-state index in [0.717, 1.165) is 57.7 Å². The average Bonchev–Trinajstić information content (AvgIpc) is 2.92. The highest BCUT2D eigenvalue weighted by Gasteiger charge is 2.20. The number of nitrogens with zero attached hydrogens (tertiary/aromatic N) is 4. The van der Waals surface area contributed by atoms with Gasteiger partial charge in [0.15, 0.2) is 0 Å². The Bertz CT molecular complexity index is 978. The predicted octanol–water partition coefficient (Wildman–Crippen LogP) is 5.59.